The Hall–Kier alpha value is -1.91. The second-order valence-corrected chi connectivity index (χ2v) is 6.72. The van der Waals surface area contributed by atoms with Crippen molar-refractivity contribution in [2.45, 2.75) is 20.4 Å². The number of benzene rings is 1. The number of ether oxygens (including phenoxy) is 4. The smallest absolute Gasteiger partial charge is 0.310 e. The van der Waals surface area contributed by atoms with Crippen molar-refractivity contribution in [2.75, 3.05) is 48.1 Å². The average molecular weight is 521 g/mol. The number of esters is 1. The summed E-state index contributed by atoms with van der Waals surface area (Å²) in [6, 6.07) is 3.77. The molecule has 1 heterocycles. The van der Waals surface area contributed by atoms with E-state index in [1.165, 1.54) is 7.11 Å². The topological polar surface area (TPSA) is 81.6 Å². The Labute approximate surface area is 189 Å². The molecule has 8 nitrogen and oxygen atoms in total. The van der Waals surface area contributed by atoms with Crippen molar-refractivity contribution in [3.63, 3.8) is 0 Å². The van der Waals surface area contributed by atoms with Crippen LogP contribution in [-0.2, 0) is 16.1 Å². The van der Waals surface area contributed by atoms with Gasteiger partial charge in [0, 0.05) is 19.6 Å². The van der Waals surface area contributed by atoms with Crippen LogP contribution in [0, 0.1) is 11.8 Å². The van der Waals surface area contributed by atoms with Crippen LogP contribution in [0.2, 0.25) is 0 Å². The molecule has 2 unspecified atom stereocenters. The molecule has 0 spiro atoms. The maximum absolute atomic E-state index is 12.0. The largest absolute Gasteiger partial charge is 0.493 e. The first-order valence-electron chi connectivity index (χ1n) is 9.38. The maximum Gasteiger partial charge on any atom is 0.310 e. The molecular formula is C20H32IN3O5. The van der Waals surface area contributed by atoms with Crippen molar-refractivity contribution in [1.29, 1.82) is 0 Å². The summed E-state index contributed by atoms with van der Waals surface area (Å²) in [6.45, 7) is 6.60. The van der Waals surface area contributed by atoms with Gasteiger partial charge in [-0.2, -0.15) is 0 Å². The molecule has 1 fully saturated rings. The highest BCUT2D eigenvalue weighted by Crippen LogP contribution is 2.38. The Kier molecular flexibility index (Phi) is 10.3. The molecule has 2 rings (SSSR count). The number of guanidine groups is 1. The lowest BCUT2D eigenvalue weighted by molar-refractivity contribution is -0.145. The predicted octanol–water partition coefficient (Wildman–Crippen LogP) is 2.54. The van der Waals surface area contributed by atoms with E-state index in [1.54, 1.807) is 21.3 Å². The van der Waals surface area contributed by atoms with Crippen LogP contribution in [0.15, 0.2) is 17.1 Å². The first-order valence-corrected chi connectivity index (χ1v) is 9.38. The number of halogens is 1. The van der Waals surface area contributed by atoms with Gasteiger partial charge in [0.2, 0.25) is 5.75 Å². The van der Waals surface area contributed by atoms with Crippen molar-refractivity contribution in [3.05, 3.63) is 17.7 Å². The van der Waals surface area contributed by atoms with E-state index in [2.05, 4.69) is 17.1 Å². The number of hydrogen-bond donors (Lipinski definition) is 1. The molecular weight excluding hydrogens is 489 g/mol. The van der Waals surface area contributed by atoms with Gasteiger partial charge in [0.15, 0.2) is 17.5 Å². The fourth-order valence-corrected chi connectivity index (χ4v) is 3.42. The lowest BCUT2D eigenvalue weighted by Crippen LogP contribution is -2.40. The highest BCUT2D eigenvalue weighted by molar-refractivity contribution is 14.0. The van der Waals surface area contributed by atoms with Gasteiger partial charge < -0.3 is 29.2 Å². The van der Waals surface area contributed by atoms with E-state index in [4.69, 9.17) is 23.9 Å². The Morgan fingerprint density at radius 2 is 1.76 bits per heavy atom. The molecule has 0 radical (unpaired) electrons. The third-order valence-electron chi connectivity index (χ3n) is 4.89. The SMILES string of the molecule is CCNC(=NCc1cc(OC)c(OC)c(OC)c1)N1CC(C)C(C(=O)OC)C1.I. The minimum Gasteiger partial charge on any atom is -0.493 e. The Balaban J connectivity index is 0.00000420. The second-order valence-electron chi connectivity index (χ2n) is 6.72. The van der Waals surface area contributed by atoms with Gasteiger partial charge in [-0.1, -0.05) is 6.92 Å². The fourth-order valence-electron chi connectivity index (χ4n) is 3.42. The fraction of sp³-hybridized carbons (Fsp3) is 0.600. The van der Waals surface area contributed by atoms with Gasteiger partial charge in [-0.3, -0.25) is 4.79 Å². The molecule has 29 heavy (non-hydrogen) atoms. The lowest BCUT2D eigenvalue weighted by Gasteiger charge is -2.21. The summed E-state index contributed by atoms with van der Waals surface area (Å²) in [4.78, 5) is 18.8. The molecule has 0 aromatic heterocycles. The van der Waals surface area contributed by atoms with E-state index in [0.29, 0.717) is 30.3 Å². The van der Waals surface area contributed by atoms with Gasteiger partial charge in [0.25, 0.3) is 0 Å². The zero-order chi connectivity index (χ0) is 20.7. The molecule has 1 aliphatic rings. The van der Waals surface area contributed by atoms with Gasteiger partial charge in [0.05, 0.1) is 40.9 Å². The number of hydrogen-bond acceptors (Lipinski definition) is 6. The van der Waals surface area contributed by atoms with Gasteiger partial charge in [-0.15, -0.1) is 24.0 Å². The molecule has 164 valence electrons. The number of aliphatic imine (C=N–C) groups is 1. The van der Waals surface area contributed by atoms with E-state index in [0.717, 1.165) is 24.6 Å². The van der Waals surface area contributed by atoms with Crippen molar-refractivity contribution in [3.8, 4) is 17.2 Å². The minimum atomic E-state index is -0.171. The third kappa shape index (κ3) is 6.03. The number of nitrogens with zero attached hydrogens (tertiary/aromatic N) is 2. The van der Waals surface area contributed by atoms with E-state index >= 15 is 0 Å². The summed E-state index contributed by atoms with van der Waals surface area (Å²) < 4.78 is 21.1. The van der Waals surface area contributed by atoms with Gasteiger partial charge in [0.1, 0.15) is 0 Å². The minimum absolute atomic E-state index is 0. The average Bonchev–Trinajstić information content (AvgIpc) is 3.10. The van der Waals surface area contributed by atoms with Crippen LogP contribution in [0.4, 0.5) is 0 Å². The van der Waals surface area contributed by atoms with E-state index in [1.807, 2.05) is 19.1 Å². The molecule has 1 aromatic rings. The molecule has 0 saturated carbocycles. The first kappa shape index (κ1) is 25.1. The number of carbonyl (C=O) groups excluding carboxylic acids is 1. The third-order valence-corrected chi connectivity index (χ3v) is 4.89. The molecule has 1 aliphatic heterocycles. The Morgan fingerprint density at radius 3 is 2.24 bits per heavy atom. The van der Waals surface area contributed by atoms with Gasteiger partial charge in [-0.05, 0) is 30.5 Å². The summed E-state index contributed by atoms with van der Waals surface area (Å²) in [5.74, 6) is 2.41. The molecule has 1 N–H and O–H groups in total. The second kappa shape index (κ2) is 11.9. The molecule has 9 heteroatoms. The number of carbonyl (C=O) groups is 1. The highest BCUT2D eigenvalue weighted by Gasteiger charge is 2.36. The molecule has 0 bridgehead atoms. The van der Waals surface area contributed by atoms with Crippen molar-refractivity contribution < 1.29 is 23.7 Å². The van der Waals surface area contributed by atoms with Crippen LogP contribution in [0.3, 0.4) is 0 Å². The van der Waals surface area contributed by atoms with E-state index in [9.17, 15) is 4.79 Å². The summed E-state index contributed by atoms with van der Waals surface area (Å²) in [5, 5.41) is 3.31. The van der Waals surface area contributed by atoms with Crippen LogP contribution >= 0.6 is 24.0 Å². The monoisotopic (exact) mass is 521 g/mol. The van der Waals surface area contributed by atoms with Crippen molar-refractivity contribution >= 4 is 35.9 Å². The number of nitrogens with one attached hydrogen (secondary N) is 1. The van der Waals surface area contributed by atoms with Gasteiger partial charge >= 0.3 is 5.97 Å². The maximum atomic E-state index is 12.0. The number of likely N-dealkylation sites (tertiary alicyclic amines) is 1. The molecule has 1 aromatic carbocycles. The van der Waals surface area contributed by atoms with Crippen molar-refractivity contribution in [1.82, 2.24) is 10.2 Å². The molecule has 1 saturated heterocycles. The lowest BCUT2D eigenvalue weighted by atomic mass is 9.99. The van der Waals surface area contributed by atoms with E-state index in [-0.39, 0.29) is 41.8 Å². The summed E-state index contributed by atoms with van der Waals surface area (Å²) >= 11 is 0. The molecule has 0 amide bonds. The standard InChI is InChI=1S/C20H31N3O5.HI/c1-7-21-20(23-11-13(2)15(12-23)19(24)28-6)22-10-14-8-16(25-3)18(27-5)17(9-14)26-4;/h8-9,13,15H,7,10-12H2,1-6H3,(H,21,22);1H. The zero-order valence-corrected chi connectivity index (χ0v) is 20.3. The van der Waals surface area contributed by atoms with Gasteiger partial charge in [-0.25, -0.2) is 4.99 Å². The summed E-state index contributed by atoms with van der Waals surface area (Å²) in [7, 11) is 6.19. The van der Waals surface area contributed by atoms with Crippen LogP contribution < -0.4 is 19.5 Å². The summed E-state index contributed by atoms with van der Waals surface area (Å²) in [6.07, 6.45) is 0. The summed E-state index contributed by atoms with van der Waals surface area (Å²) in [5.41, 5.74) is 0.932. The van der Waals surface area contributed by atoms with Crippen LogP contribution in [-0.4, -0.2) is 64.9 Å². The first-order chi connectivity index (χ1) is 13.5. The molecule has 0 aliphatic carbocycles. The molecule has 2 atom stereocenters. The van der Waals surface area contributed by atoms with Crippen molar-refractivity contribution in [2.24, 2.45) is 16.8 Å². The van der Waals surface area contributed by atoms with Crippen LogP contribution in [0.5, 0.6) is 17.2 Å². The Morgan fingerprint density at radius 1 is 1.14 bits per heavy atom. The van der Waals surface area contributed by atoms with E-state index < -0.39 is 0 Å². The quantitative estimate of drug-likeness (QED) is 0.256. The number of rotatable bonds is 7. The highest BCUT2D eigenvalue weighted by atomic mass is 127. The Bertz CT molecular complexity index is 688. The predicted molar refractivity (Wildman–Crippen MR) is 123 cm³/mol. The van der Waals surface area contributed by atoms with Crippen LogP contribution in [0.25, 0.3) is 0 Å². The zero-order valence-electron chi connectivity index (χ0n) is 18.0. The number of methoxy groups -OCH3 is 4. The normalized spacial score (nSPS) is 18.7. The van der Waals surface area contributed by atoms with Crippen LogP contribution in [0.1, 0.15) is 19.4 Å².